The van der Waals surface area contributed by atoms with Gasteiger partial charge >= 0.3 is 0 Å². The van der Waals surface area contributed by atoms with E-state index in [0.29, 0.717) is 5.57 Å². The molecule has 40 valence electrons. The van der Waals surface area contributed by atoms with Crippen LogP contribution in [0.15, 0.2) is 17.7 Å². The molecule has 2 heteroatoms. The monoisotopic (exact) mass is 108 g/mol. The molecule has 0 bridgehead atoms. The summed E-state index contributed by atoms with van der Waals surface area (Å²) in [7, 11) is 0. The van der Waals surface area contributed by atoms with E-state index < -0.39 is 0 Å². The first-order valence-electron chi connectivity index (χ1n) is 2.28. The predicted octanol–water partition coefficient (Wildman–Crippen LogP) is 0.273. The van der Waals surface area contributed by atoms with Crippen molar-refractivity contribution in [1.29, 1.82) is 0 Å². The van der Waals surface area contributed by atoms with Crippen molar-refractivity contribution in [3.05, 3.63) is 17.7 Å². The van der Waals surface area contributed by atoms with Crippen LogP contribution in [0.3, 0.4) is 0 Å². The summed E-state index contributed by atoms with van der Waals surface area (Å²) < 4.78 is 0. The summed E-state index contributed by atoms with van der Waals surface area (Å²) in [6.45, 7) is 0. The Kier molecular flexibility index (Phi) is 1.10. The SMILES string of the molecule is O=C=C1C=CC(=O)C1. The summed E-state index contributed by atoms with van der Waals surface area (Å²) in [5.41, 5.74) is 0.454. The van der Waals surface area contributed by atoms with Crippen LogP contribution in [-0.4, -0.2) is 11.7 Å². The fraction of sp³-hybridized carbons (Fsp3) is 0.167. The second-order valence-corrected chi connectivity index (χ2v) is 1.60. The van der Waals surface area contributed by atoms with E-state index in [-0.39, 0.29) is 12.2 Å². The molecule has 0 unspecified atom stereocenters. The third-order valence-corrected chi connectivity index (χ3v) is 0.966. The van der Waals surface area contributed by atoms with Crippen molar-refractivity contribution in [3.63, 3.8) is 0 Å². The van der Waals surface area contributed by atoms with Crippen molar-refractivity contribution in [2.75, 3.05) is 0 Å². The molecule has 0 N–H and O–H groups in total. The molecule has 0 saturated heterocycles. The Hall–Kier alpha value is -1.14. The molecule has 0 aromatic heterocycles. The Morgan fingerprint density at radius 3 is 2.50 bits per heavy atom. The van der Waals surface area contributed by atoms with E-state index in [0.717, 1.165) is 0 Å². The molecule has 0 aromatic carbocycles. The van der Waals surface area contributed by atoms with Gasteiger partial charge in [0.15, 0.2) is 5.78 Å². The molecule has 1 aliphatic rings. The standard InChI is InChI=1S/C6H4O2/c7-4-5-1-2-6(8)3-5/h1-2H,3H2. The maximum Gasteiger partial charge on any atom is 0.160 e. The molecule has 1 aliphatic carbocycles. The van der Waals surface area contributed by atoms with Gasteiger partial charge in [-0.2, -0.15) is 0 Å². The smallest absolute Gasteiger partial charge is 0.160 e. The summed E-state index contributed by atoms with van der Waals surface area (Å²) in [4.78, 5) is 20.1. The summed E-state index contributed by atoms with van der Waals surface area (Å²) >= 11 is 0. The Labute approximate surface area is 46.5 Å². The van der Waals surface area contributed by atoms with Crippen LogP contribution in [0, 0.1) is 0 Å². The van der Waals surface area contributed by atoms with Gasteiger partial charge in [0.05, 0.1) is 0 Å². The molecule has 0 aliphatic heterocycles. The van der Waals surface area contributed by atoms with Gasteiger partial charge in [-0.25, -0.2) is 4.79 Å². The number of hydrogen-bond acceptors (Lipinski definition) is 2. The summed E-state index contributed by atoms with van der Waals surface area (Å²) in [5, 5.41) is 0. The molecule has 0 atom stereocenters. The number of hydrogen-bond donors (Lipinski definition) is 0. The van der Waals surface area contributed by atoms with E-state index in [1.54, 1.807) is 5.94 Å². The second kappa shape index (κ2) is 1.76. The average molecular weight is 108 g/mol. The largest absolute Gasteiger partial charge is 0.294 e. The van der Waals surface area contributed by atoms with Crippen LogP contribution in [0.4, 0.5) is 0 Å². The van der Waals surface area contributed by atoms with Gasteiger partial charge in [-0.15, -0.1) is 0 Å². The Morgan fingerprint density at radius 2 is 2.25 bits per heavy atom. The number of rotatable bonds is 0. The molecule has 0 saturated carbocycles. The third-order valence-electron chi connectivity index (χ3n) is 0.966. The predicted molar refractivity (Wildman–Crippen MR) is 28.0 cm³/mol. The highest BCUT2D eigenvalue weighted by Crippen LogP contribution is 2.07. The van der Waals surface area contributed by atoms with E-state index in [4.69, 9.17) is 0 Å². The Bertz CT molecular complexity index is 195. The molecule has 1 rings (SSSR count). The van der Waals surface area contributed by atoms with Crippen molar-refractivity contribution >= 4 is 11.7 Å². The van der Waals surface area contributed by atoms with Crippen molar-refractivity contribution < 1.29 is 9.59 Å². The van der Waals surface area contributed by atoms with Crippen LogP contribution in [0.2, 0.25) is 0 Å². The van der Waals surface area contributed by atoms with Gasteiger partial charge in [0, 0.05) is 12.0 Å². The maximum atomic E-state index is 10.3. The first kappa shape index (κ1) is 5.01. The minimum atomic E-state index is -0.0108. The molecule has 0 fully saturated rings. The lowest BCUT2D eigenvalue weighted by Crippen LogP contribution is -1.83. The quantitative estimate of drug-likeness (QED) is 0.417. The van der Waals surface area contributed by atoms with Gasteiger partial charge in [0.2, 0.25) is 0 Å². The van der Waals surface area contributed by atoms with Crippen LogP contribution in [0.1, 0.15) is 6.42 Å². The van der Waals surface area contributed by atoms with Crippen molar-refractivity contribution in [1.82, 2.24) is 0 Å². The first-order valence-corrected chi connectivity index (χ1v) is 2.28. The van der Waals surface area contributed by atoms with Crippen molar-refractivity contribution in [2.45, 2.75) is 6.42 Å². The molecule has 0 radical (unpaired) electrons. The lowest BCUT2D eigenvalue weighted by Gasteiger charge is -1.75. The summed E-state index contributed by atoms with van der Waals surface area (Å²) in [5.74, 6) is 1.64. The van der Waals surface area contributed by atoms with Gasteiger partial charge in [-0.05, 0) is 12.2 Å². The van der Waals surface area contributed by atoms with Crippen LogP contribution in [0.25, 0.3) is 0 Å². The lowest BCUT2D eigenvalue weighted by atomic mass is 10.3. The second-order valence-electron chi connectivity index (χ2n) is 1.60. The third kappa shape index (κ3) is 0.745. The fourth-order valence-electron chi connectivity index (χ4n) is 0.569. The van der Waals surface area contributed by atoms with E-state index in [9.17, 15) is 9.59 Å². The average Bonchev–Trinajstić information content (AvgIpc) is 2.14. The molecule has 0 heterocycles. The molecule has 0 aromatic rings. The number of allylic oxidation sites excluding steroid dienone is 3. The van der Waals surface area contributed by atoms with E-state index in [1.165, 1.54) is 12.2 Å². The number of carbonyl (C=O) groups excluding carboxylic acids is 2. The number of ketones is 1. The summed E-state index contributed by atoms with van der Waals surface area (Å²) in [6, 6.07) is 0. The lowest BCUT2D eigenvalue weighted by molar-refractivity contribution is -0.113. The van der Waals surface area contributed by atoms with Gasteiger partial charge in [-0.3, -0.25) is 4.79 Å². The van der Waals surface area contributed by atoms with Crippen molar-refractivity contribution in [3.8, 4) is 0 Å². The molecule has 2 nitrogen and oxygen atoms in total. The van der Waals surface area contributed by atoms with E-state index in [2.05, 4.69) is 0 Å². The fourth-order valence-corrected chi connectivity index (χ4v) is 0.569. The zero-order valence-electron chi connectivity index (χ0n) is 4.18. The van der Waals surface area contributed by atoms with Gasteiger partial charge in [-0.1, -0.05) is 0 Å². The Morgan fingerprint density at radius 1 is 1.50 bits per heavy atom. The van der Waals surface area contributed by atoms with Crippen molar-refractivity contribution in [2.24, 2.45) is 0 Å². The first-order chi connectivity index (χ1) is 3.83. The summed E-state index contributed by atoms with van der Waals surface area (Å²) in [6.07, 6.45) is 3.12. The number of carbonyl (C=O) groups is 1. The molecule has 0 spiro atoms. The minimum Gasteiger partial charge on any atom is -0.294 e. The minimum absolute atomic E-state index is 0.0108. The highest BCUT2D eigenvalue weighted by molar-refractivity contribution is 5.97. The molecular weight excluding hydrogens is 104 g/mol. The highest BCUT2D eigenvalue weighted by atomic mass is 16.1. The highest BCUT2D eigenvalue weighted by Gasteiger charge is 2.07. The molecule has 0 amide bonds. The van der Waals surface area contributed by atoms with Gasteiger partial charge in [0.1, 0.15) is 5.94 Å². The normalized spacial score (nSPS) is 17.0. The van der Waals surface area contributed by atoms with E-state index in [1.807, 2.05) is 0 Å². The van der Waals surface area contributed by atoms with Crippen LogP contribution in [-0.2, 0) is 9.59 Å². The van der Waals surface area contributed by atoms with Crippen LogP contribution < -0.4 is 0 Å². The van der Waals surface area contributed by atoms with Gasteiger partial charge < -0.3 is 0 Å². The molecule has 8 heavy (non-hydrogen) atoms. The van der Waals surface area contributed by atoms with E-state index >= 15 is 0 Å². The van der Waals surface area contributed by atoms with Crippen LogP contribution >= 0.6 is 0 Å². The van der Waals surface area contributed by atoms with Gasteiger partial charge in [0.25, 0.3) is 0 Å². The van der Waals surface area contributed by atoms with Crippen LogP contribution in [0.5, 0.6) is 0 Å². The zero-order valence-corrected chi connectivity index (χ0v) is 4.18. The Balaban J connectivity index is 2.88. The maximum absolute atomic E-state index is 10.3. The zero-order chi connectivity index (χ0) is 5.98. The molecular formula is C6H4O2. The topological polar surface area (TPSA) is 34.1 Å².